The Bertz CT molecular complexity index is 658. The Morgan fingerprint density at radius 3 is 1.90 bits per heavy atom. The molecule has 0 spiro atoms. The maximum absolute atomic E-state index is 11.6. The van der Waals surface area contributed by atoms with Crippen LogP contribution in [0.2, 0.25) is 0 Å². The molecule has 1 nitrogen and oxygen atoms in total. The minimum atomic E-state index is -0.212. The van der Waals surface area contributed by atoms with Crippen LogP contribution in [0.1, 0.15) is 30.4 Å². The molecule has 0 heterocycles. The van der Waals surface area contributed by atoms with Crippen molar-refractivity contribution in [3.05, 3.63) is 71.8 Å². The van der Waals surface area contributed by atoms with Gasteiger partial charge in [-0.15, -0.1) is 0 Å². The van der Waals surface area contributed by atoms with Crippen LogP contribution >= 0.6 is 11.6 Å². The quantitative estimate of drug-likeness (QED) is 0.715. The number of carbonyl (C=O) groups excluding carboxylic acids is 1. The van der Waals surface area contributed by atoms with Crippen molar-refractivity contribution in [2.45, 2.75) is 19.3 Å². The van der Waals surface area contributed by atoms with Crippen LogP contribution in [0.5, 0.6) is 0 Å². The topological polar surface area (TPSA) is 17.1 Å². The van der Waals surface area contributed by atoms with Gasteiger partial charge in [0, 0.05) is 5.92 Å². The van der Waals surface area contributed by atoms with E-state index >= 15 is 0 Å². The molecule has 1 aliphatic rings. The van der Waals surface area contributed by atoms with Gasteiger partial charge in [-0.2, -0.15) is 0 Å². The van der Waals surface area contributed by atoms with Gasteiger partial charge in [0.15, 0.2) is 0 Å². The molecule has 0 aliphatic heterocycles. The minimum absolute atomic E-state index is 0.0608. The van der Waals surface area contributed by atoms with E-state index in [9.17, 15) is 4.79 Å². The summed E-state index contributed by atoms with van der Waals surface area (Å²) in [4.78, 5) is 11.6. The van der Waals surface area contributed by atoms with Gasteiger partial charge in [-0.3, -0.25) is 4.79 Å². The van der Waals surface area contributed by atoms with Gasteiger partial charge in [0.05, 0.1) is 0 Å². The number of hydrogen-bond donors (Lipinski definition) is 0. The van der Waals surface area contributed by atoms with E-state index < -0.39 is 0 Å². The summed E-state index contributed by atoms with van der Waals surface area (Å²) in [6.07, 6.45) is 2.47. The Kier molecular flexibility index (Phi) is 4.21. The van der Waals surface area contributed by atoms with Crippen LogP contribution in [0.15, 0.2) is 60.7 Å². The van der Waals surface area contributed by atoms with Crippen molar-refractivity contribution in [2.75, 3.05) is 0 Å². The lowest BCUT2D eigenvalue weighted by Gasteiger charge is -2.26. The number of allylic oxidation sites excluding steroid dienone is 2. The normalized spacial score (nSPS) is 18.6. The molecule has 106 valence electrons. The zero-order valence-electron chi connectivity index (χ0n) is 11.8. The molecule has 0 amide bonds. The largest absolute Gasteiger partial charge is 0.281 e. The molecule has 2 aromatic carbocycles. The average Bonchev–Trinajstić information content (AvgIpc) is 2.56. The van der Waals surface area contributed by atoms with Crippen LogP contribution in [0.3, 0.4) is 0 Å². The second-order valence-corrected chi connectivity index (χ2v) is 5.81. The Hall–Kier alpha value is -1.86. The molecule has 0 radical (unpaired) electrons. The van der Waals surface area contributed by atoms with Crippen LogP contribution in [-0.2, 0) is 4.79 Å². The third-order valence-electron chi connectivity index (χ3n) is 4.12. The lowest BCUT2D eigenvalue weighted by molar-refractivity contribution is -0.115. The summed E-state index contributed by atoms with van der Waals surface area (Å²) in [7, 11) is 0. The van der Waals surface area contributed by atoms with Gasteiger partial charge >= 0.3 is 0 Å². The molecule has 1 atom stereocenters. The van der Waals surface area contributed by atoms with Gasteiger partial charge in [0.25, 0.3) is 0 Å². The first-order valence-corrected chi connectivity index (χ1v) is 7.65. The number of hydrogen-bond acceptors (Lipinski definition) is 1. The van der Waals surface area contributed by atoms with Crippen molar-refractivity contribution in [3.63, 3.8) is 0 Å². The summed E-state index contributed by atoms with van der Waals surface area (Å²) >= 11 is 5.74. The van der Waals surface area contributed by atoms with Gasteiger partial charge in [0.1, 0.15) is 0 Å². The molecule has 0 bridgehead atoms. The Labute approximate surface area is 130 Å². The maximum Gasteiger partial charge on any atom is 0.225 e. The number of rotatable bonds is 3. The zero-order chi connectivity index (χ0) is 14.7. The molecule has 1 aliphatic carbocycles. The Morgan fingerprint density at radius 2 is 1.38 bits per heavy atom. The molecule has 3 rings (SSSR count). The van der Waals surface area contributed by atoms with Crippen molar-refractivity contribution in [1.82, 2.24) is 0 Å². The van der Waals surface area contributed by atoms with Crippen LogP contribution in [0.25, 0.3) is 11.1 Å². The highest BCUT2D eigenvalue weighted by atomic mass is 35.5. The number of halogens is 1. The molecular formula is C19H17ClO. The van der Waals surface area contributed by atoms with Crippen molar-refractivity contribution in [1.29, 1.82) is 0 Å². The highest BCUT2D eigenvalue weighted by Crippen LogP contribution is 2.41. The molecule has 0 aromatic heterocycles. The van der Waals surface area contributed by atoms with E-state index in [1.165, 1.54) is 22.3 Å². The van der Waals surface area contributed by atoms with Gasteiger partial charge in [-0.25, -0.2) is 0 Å². The molecule has 0 saturated carbocycles. The van der Waals surface area contributed by atoms with E-state index in [4.69, 9.17) is 11.6 Å². The van der Waals surface area contributed by atoms with Crippen molar-refractivity contribution < 1.29 is 4.79 Å². The van der Waals surface area contributed by atoms with E-state index in [1.54, 1.807) is 0 Å². The number of benzene rings is 2. The van der Waals surface area contributed by atoms with Crippen molar-refractivity contribution in [2.24, 2.45) is 5.92 Å². The third kappa shape index (κ3) is 3.08. The Balaban J connectivity index is 2.08. The second kappa shape index (κ2) is 6.28. The molecule has 2 aromatic rings. The lowest BCUT2D eigenvalue weighted by atomic mass is 9.79. The average molecular weight is 297 g/mol. The van der Waals surface area contributed by atoms with E-state index in [0.29, 0.717) is 0 Å². The first kappa shape index (κ1) is 14.1. The maximum atomic E-state index is 11.6. The first-order chi connectivity index (χ1) is 10.3. The molecule has 1 unspecified atom stereocenters. The van der Waals surface area contributed by atoms with Gasteiger partial charge in [-0.1, -0.05) is 60.7 Å². The summed E-state index contributed by atoms with van der Waals surface area (Å²) in [5.41, 5.74) is 5.04. The van der Waals surface area contributed by atoms with Crippen LogP contribution < -0.4 is 0 Å². The third-order valence-corrected chi connectivity index (χ3v) is 4.43. The summed E-state index contributed by atoms with van der Waals surface area (Å²) in [6.45, 7) is 0. The van der Waals surface area contributed by atoms with Crippen LogP contribution in [0, 0.1) is 5.92 Å². The monoisotopic (exact) mass is 296 g/mol. The van der Waals surface area contributed by atoms with E-state index in [2.05, 4.69) is 36.4 Å². The lowest BCUT2D eigenvalue weighted by Crippen LogP contribution is -2.15. The van der Waals surface area contributed by atoms with Crippen LogP contribution in [-0.4, -0.2) is 5.24 Å². The summed E-state index contributed by atoms with van der Waals surface area (Å²) < 4.78 is 0. The number of carbonyl (C=O) groups is 1. The van der Waals surface area contributed by atoms with E-state index in [-0.39, 0.29) is 11.2 Å². The molecule has 0 saturated heterocycles. The highest BCUT2D eigenvalue weighted by molar-refractivity contribution is 6.64. The minimum Gasteiger partial charge on any atom is -0.281 e. The van der Waals surface area contributed by atoms with Crippen LogP contribution in [0.4, 0.5) is 0 Å². The summed E-state index contributed by atoms with van der Waals surface area (Å²) in [6, 6.07) is 20.7. The van der Waals surface area contributed by atoms with E-state index in [1.807, 2.05) is 24.3 Å². The molecule has 21 heavy (non-hydrogen) atoms. The van der Waals surface area contributed by atoms with Gasteiger partial charge in [-0.05, 0) is 53.1 Å². The highest BCUT2D eigenvalue weighted by Gasteiger charge is 2.26. The fourth-order valence-corrected chi connectivity index (χ4v) is 3.21. The molecular weight excluding hydrogens is 280 g/mol. The predicted octanol–water partition coefficient (Wildman–Crippen LogP) is 5.16. The van der Waals surface area contributed by atoms with Gasteiger partial charge in [0.2, 0.25) is 5.24 Å². The first-order valence-electron chi connectivity index (χ1n) is 7.28. The van der Waals surface area contributed by atoms with Crippen molar-refractivity contribution >= 4 is 28.0 Å². The molecule has 2 heteroatoms. The van der Waals surface area contributed by atoms with E-state index in [0.717, 1.165) is 19.3 Å². The Morgan fingerprint density at radius 1 is 0.857 bits per heavy atom. The fraction of sp³-hybridized carbons (Fsp3) is 0.211. The summed E-state index contributed by atoms with van der Waals surface area (Å²) in [5, 5.41) is -0.212. The smallest absolute Gasteiger partial charge is 0.225 e. The second-order valence-electron chi connectivity index (χ2n) is 5.43. The standard InChI is InChI=1S/C19H17ClO/c20-19(21)16-11-12-17(14-7-3-1-4-8-14)18(13-16)15-9-5-2-6-10-15/h1-10,16H,11-13H2. The van der Waals surface area contributed by atoms with Gasteiger partial charge < -0.3 is 0 Å². The van der Waals surface area contributed by atoms with Crippen molar-refractivity contribution in [3.8, 4) is 0 Å². The summed E-state index contributed by atoms with van der Waals surface area (Å²) in [5.74, 6) is -0.0608. The fourth-order valence-electron chi connectivity index (χ4n) is 3.02. The zero-order valence-corrected chi connectivity index (χ0v) is 12.5. The molecule has 0 N–H and O–H groups in total. The SMILES string of the molecule is O=C(Cl)C1CCC(c2ccccc2)=C(c2ccccc2)C1. The molecule has 0 fully saturated rings. The predicted molar refractivity (Wildman–Crippen MR) is 87.9 cm³/mol.